The van der Waals surface area contributed by atoms with Gasteiger partial charge in [-0.15, -0.1) is 12.4 Å². The molecule has 1 N–H and O–H groups in total. The lowest BCUT2D eigenvalue weighted by Gasteiger charge is -2.17. The summed E-state index contributed by atoms with van der Waals surface area (Å²) in [4.78, 5) is 11.9. The summed E-state index contributed by atoms with van der Waals surface area (Å²) in [6, 6.07) is 8.93. The van der Waals surface area contributed by atoms with Gasteiger partial charge in [0.2, 0.25) is 5.88 Å². The maximum Gasteiger partial charge on any atom is 0.213 e. The summed E-state index contributed by atoms with van der Waals surface area (Å²) in [5, 5.41) is 12.8. The Kier molecular flexibility index (Phi) is 10.2. The van der Waals surface area contributed by atoms with Gasteiger partial charge in [0, 0.05) is 35.3 Å². The molecule has 0 aliphatic carbocycles. The van der Waals surface area contributed by atoms with Crippen LogP contribution in [0.1, 0.15) is 20.3 Å². The first-order valence-electron chi connectivity index (χ1n) is 10.3. The number of fused-ring (bicyclic) bond motifs is 2. The highest BCUT2D eigenvalue weighted by atomic mass is 35.5. The highest BCUT2D eigenvalue weighted by Crippen LogP contribution is 2.22. The molecule has 0 amide bonds. The number of ether oxygens (including phenoxy) is 1. The second-order valence-corrected chi connectivity index (χ2v) is 8.58. The smallest absolute Gasteiger partial charge is 0.213 e. The van der Waals surface area contributed by atoms with Crippen molar-refractivity contribution >= 4 is 57.7 Å². The number of nitrogens with zero attached hydrogens (tertiary/aromatic N) is 4. The molecule has 0 aliphatic rings. The molecule has 0 atom stereocenters. The highest BCUT2D eigenvalue weighted by Gasteiger charge is 2.12. The Morgan fingerprint density at radius 2 is 1.94 bits per heavy atom. The number of aromatic nitrogens is 2. The third-order valence-corrected chi connectivity index (χ3v) is 6.40. The number of thioether (sulfide) groups is 1. The first kappa shape index (κ1) is 25.6. The zero-order valence-electron chi connectivity index (χ0n) is 18.2. The summed E-state index contributed by atoms with van der Waals surface area (Å²) in [6.07, 6.45) is 0.984. The van der Waals surface area contributed by atoms with Gasteiger partial charge in [0.1, 0.15) is 11.0 Å². The quantitative estimate of drug-likeness (QED) is 0.252. The molecule has 170 valence electrons. The van der Waals surface area contributed by atoms with E-state index in [1.165, 1.54) is 0 Å². The first-order valence-corrected chi connectivity index (χ1v) is 11.8. The predicted molar refractivity (Wildman–Crippen MR) is 133 cm³/mol. The standard InChI is InChI=1S/C22H29ClN4O2S.ClH/c1-4-26(5-2)12-14-30-13-6-11-24-21-17-8-7-16(23)15-19(17)27(28)18-9-10-20(29-3)25-22(18)21;/h7-10,15,28H,4-6,11-14H2,1-3H3;1H. The molecule has 9 heteroatoms. The molecule has 31 heavy (non-hydrogen) atoms. The van der Waals surface area contributed by atoms with Gasteiger partial charge in [0.25, 0.3) is 0 Å². The van der Waals surface area contributed by atoms with Crippen LogP contribution in [0.4, 0.5) is 0 Å². The third-order valence-electron chi connectivity index (χ3n) is 5.12. The SMILES string of the molecule is CCN(CC)CCSCCCN=c1c2ccc(Cl)cc2n(O)c2ccc(OC)nc12.Cl. The number of hydrogen-bond donors (Lipinski definition) is 1. The van der Waals surface area contributed by atoms with Crippen LogP contribution in [0, 0.1) is 0 Å². The van der Waals surface area contributed by atoms with Gasteiger partial charge >= 0.3 is 0 Å². The van der Waals surface area contributed by atoms with Crippen molar-refractivity contribution in [3.63, 3.8) is 0 Å². The fraction of sp³-hybridized carbons (Fsp3) is 0.455. The summed E-state index contributed by atoms with van der Waals surface area (Å²) >= 11 is 8.13. The van der Waals surface area contributed by atoms with Crippen molar-refractivity contribution in [1.29, 1.82) is 0 Å². The van der Waals surface area contributed by atoms with Gasteiger partial charge in [0.15, 0.2) is 0 Å². The third kappa shape index (κ3) is 6.19. The van der Waals surface area contributed by atoms with Gasteiger partial charge in [-0.2, -0.15) is 16.5 Å². The predicted octanol–water partition coefficient (Wildman–Crippen LogP) is 4.88. The Balaban J connectivity index is 0.00000341. The molecule has 0 unspecified atom stereocenters. The highest BCUT2D eigenvalue weighted by molar-refractivity contribution is 7.99. The average molecular weight is 485 g/mol. The summed E-state index contributed by atoms with van der Waals surface area (Å²) < 4.78 is 6.40. The molecule has 0 spiro atoms. The second kappa shape index (κ2) is 12.4. The van der Waals surface area contributed by atoms with Crippen molar-refractivity contribution in [2.75, 3.05) is 44.8 Å². The Morgan fingerprint density at radius 1 is 1.16 bits per heavy atom. The molecular formula is C22H30Cl2N4O2S. The van der Waals surface area contributed by atoms with E-state index in [1.54, 1.807) is 31.4 Å². The van der Waals surface area contributed by atoms with Crippen molar-refractivity contribution in [3.05, 3.63) is 40.7 Å². The Hall–Kier alpha value is -1.67. The Labute approximate surface area is 198 Å². The molecule has 0 bridgehead atoms. The molecule has 0 aliphatic heterocycles. The maximum absolute atomic E-state index is 10.7. The molecule has 0 radical (unpaired) electrons. The largest absolute Gasteiger partial charge is 0.481 e. The van der Waals surface area contributed by atoms with Crippen LogP contribution < -0.4 is 10.1 Å². The minimum Gasteiger partial charge on any atom is -0.481 e. The lowest BCUT2D eigenvalue weighted by Crippen LogP contribution is -2.25. The van der Waals surface area contributed by atoms with Crippen LogP contribution >= 0.6 is 35.8 Å². The number of methoxy groups -OCH3 is 1. The van der Waals surface area contributed by atoms with E-state index >= 15 is 0 Å². The molecular weight excluding hydrogens is 455 g/mol. The van der Waals surface area contributed by atoms with Gasteiger partial charge in [-0.05, 0) is 49.5 Å². The van der Waals surface area contributed by atoms with Crippen molar-refractivity contribution in [3.8, 4) is 5.88 Å². The van der Waals surface area contributed by atoms with Crippen molar-refractivity contribution < 1.29 is 9.94 Å². The topological polar surface area (TPSA) is 62.9 Å². The van der Waals surface area contributed by atoms with Crippen LogP contribution in [-0.4, -0.2) is 64.6 Å². The fourth-order valence-corrected chi connectivity index (χ4v) is 4.47. The minimum absolute atomic E-state index is 0. The molecule has 3 aromatic rings. The summed E-state index contributed by atoms with van der Waals surface area (Å²) in [5.41, 5.74) is 1.79. The minimum atomic E-state index is 0. The summed E-state index contributed by atoms with van der Waals surface area (Å²) in [6.45, 7) is 8.43. The van der Waals surface area contributed by atoms with Crippen molar-refractivity contribution in [2.45, 2.75) is 20.3 Å². The Morgan fingerprint density at radius 3 is 2.65 bits per heavy atom. The summed E-state index contributed by atoms with van der Waals surface area (Å²) in [5.74, 6) is 2.69. The number of hydrogen-bond acceptors (Lipinski definition) is 6. The normalized spacial score (nSPS) is 12.0. The number of halogens is 2. The van der Waals surface area contributed by atoms with E-state index in [1.807, 2.05) is 17.8 Å². The van der Waals surface area contributed by atoms with Crippen LogP contribution in [0.5, 0.6) is 5.88 Å². The molecule has 2 aromatic heterocycles. The van der Waals surface area contributed by atoms with Crippen LogP contribution in [0.2, 0.25) is 5.02 Å². The average Bonchev–Trinajstić information content (AvgIpc) is 2.77. The lowest BCUT2D eigenvalue weighted by atomic mass is 10.1. The monoisotopic (exact) mass is 484 g/mol. The molecule has 3 rings (SSSR count). The number of pyridine rings is 2. The van der Waals surface area contributed by atoms with Gasteiger partial charge in [-0.25, -0.2) is 4.98 Å². The number of benzene rings is 1. The van der Waals surface area contributed by atoms with Crippen molar-refractivity contribution in [2.24, 2.45) is 4.99 Å². The lowest BCUT2D eigenvalue weighted by molar-refractivity contribution is 0.211. The van der Waals surface area contributed by atoms with Gasteiger partial charge in [-0.3, -0.25) is 4.99 Å². The van der Waals surface area contributed by atoms with E-state index in [-0.39, 0.29) is 12.4 Å². The summed E-state index contributed by atoms with van der Waals surface area (Å²) in [7, 11) is 1.58. The van der Waals surface area contributed by atoms with E-state index in [4.69, 9.17) is 21.3 Å². The zero-order chi connectivity index (χ0) is 21.5. The molecule has 0 fully saturated rings. The van der Waals surface area contributed by atoms with Gasteiger partial charge in [0.05, 0.1) is 18.0 Å². The van der Waals surface area contributed by atoms with E-state index in [2.05, 4.69) is 23.7 Å². The number of rotatable bonds is 10. The van der Waals surface area contributed by atoms with E-state index in [0.29, 0.717) is 34.0 Å². The van der Waals surface area contributed by atoms with Crippen LogP contribution in [0.15, 0.2) is 35.3 Å². The fourth-order valence-electron chi connectivity index (χ4n) is 3.38. The van der Waals surface area contributed by atoms with Crippen LogP contribution in [0.25, 0.3) is 21.9 Å². The molecule has 2 heterocycles. The molecule has 0 saturated carbocycles. The van der Waals surface area contributed by atoms with Crippen molar-refractivity contribution in [1.82, 2.24) is 14.6 Å². The van der Waals surface area contributed by atoms with Gasteiger partial charge in [-0.1, -0.05) is 25.4 Å². The van der Waals surface area contributed by atoms with E-state index in [0.717, 1.165) is 53.0 Å². The first-order chi connectivity index (χ1) is 14.6. The molecule has 0 saturated heterocycles. The molecule has 6 nitrogen and oxygen atoms in total. The van der Waals surface area contributed by atoms with Crippen LogP contribution in [-0.2, 0) is 0 Å². The Bertz CT molecular complexity index is 1070. The zero-order valence-corrected chi connectivity index (χ0v) is 20.6. The van der Waals surface area contributed by atoms with E-state index in [9.17, 15) is 5.21 Å². The van der Waals surface area contributed by atoms with Gasteiger partial charge < -0.3 is 14.8 Å². The molecule has 1 aromatic carbocycles. The maximum atomic E-state index is 10.7. The van der Waals surface area contributed by atoms with Crippen LogP contribution in [0.3, 0.4) is 0 Å². The van der Waals surface area contributed by atoms with E-state index < -0.39 is 0 Å². The second-order valence-electron chi connectivity index (χ2n) is 6.92.